The van der Waals surface area contributed by atoms with Gasteiger partial charge in [0.05, 0.1) is 24.2 Å². The Bertz CT molecular complexity index is 1290. The van der Waals surface area contributed by atoms with Gasteiger partial charge in [-0.05, 0) is 29.8 Å². The molecule has 0 fully saturated rings. The Morgan fingerprint density at radius 2 is 1.74 bits per heavy atom. The van der Waals surface area contributed by atoms with E-state index in [1.54, 1.807) is 18.3 Å². The number of hydrogen-bond acceptors (Lipinski definition) is 6. The molecule has 5 rings (SSSR count). The minimum Gasteiger partial charge on any atom is -0.490 e. The van der Waals surface area contributed by atoms with Crippen LogP contribution in [-0.2, 0) is 10.0 Å². The van der Waals surface area contributed by atoms with Crippen LogP contribution < -0.4 is 14.2 Å². The quantitative estimate of drug-likeness (QED) is 0.482. The van der Waals surface area contributed by atoms with Crippen LogP contribution in [0.5, 0.6) is 11.5 Å². The van der Waals surface area contributed by atoms with Crippen molar-refractivity contribution in [1.29, 1.82) is 0 Å². The average molecular weight is 453 g/mol. The van der Waals surface area contributed by atoms with Crippen LogP contribution >= 0.6 is 11.3 Å². The molecule has 31 heavy (non-hydrogen) atoms. The minimum absolute atomic E-state index is 0.136. The fourth-order valence-electron chi connectivity index (χ4n) is 3.50. The smallest absolute Gasteiger partial charge is 0.241 e. The Hall–Kier alpha value is -2.94. The van der Waals surface area contributed by atoms with Crippen molar-refractivity contribution >= 4 is 31.6 Å². The lowest BCUT2D eigenvalue weighted by Crippen LogP contribution is -2.29. The summed E-state index contributed by atoms with van der Waals surface area (Å²) >= 11 is 1.48. The monoisotopic (exact) mass is 452 g/mol. The zero-order chi connectivity index (χ0) is 21.3. The van der Waals surface area contributed by atoms with E-state index in [1.165, 1.54) is 17.4 Å². The van der Waals surface area contributed by atoms with Gasteiger partial charge in [0, 0.05) is 28.9 Å². The summed E-state index contributed by atoms with van der Waals surface area (Å²) in [6, 6.07) is 19.6. The third-order valence-electron chi connectivity index (χ3n) is 5.03. The van der Waals surface area contributed by atoms with Crippen molar-refractivity contribution in [3.05, 3.63) is 83.4 Å². The van der Waals surface area contributed by atoms with Crippen molar-refractivity contribution in [3.63, 3.8) is 0 Å². The second-order valence-electron chi connectivity index (χ2n) is 7.17. The number of pyridine rings is 1. The molecule has 0 unspecified atom stereocenters. The number of hydrogen-bond donors (Lipinski definition) is 1. The van der Waals surface area contributed by atoms with Gasteiger partial charge in [0.25, 0.3) is 0 Å². The molecule has 1 aliphatic rings. The molecule has 0 bridgehead atoms. The van der Waals surface area contributed by atoms with Gasteiger partial charge in [-0.2, -0.15) is 4.72 Å². The van der Waals surface area contributed by atoms with Gasteiger partial charge < -0.3 is 9.47 Å². The van der Waals surface area contributed by atoms with Gasteiger partial charge in [-0.15, -0.1) is 11.3 Å². The van der Waals surface area contributed by atoms with Crippen molar-refractivity contribution in [2.45, 2.75) is 17.4 Å². The van der Waals surface area contributed by atoms with Crippen LogP contribution in [0.2, 0.25) is 0 Å². The zero-order valence-electron chi connectivity index (χ0n) is 16.5. The second-order valence-corrected chi connectivity index (χ2v) is 9.95. The molecule has 1 aliphatic heterocycles. The Morgan fingerprint density at radius 3 is 2.55 bits per heavy atom. The average Bonchev–Trinajstić information content (AvgIpc) is 3.08. The topological polar surface area (TPSA) is 77.5 Å². The molecule has 1 N–H and O–H groups in total. The van der Waals surface area contributed by atoms with Gasteiger partial charge >= 0.3 is 0 Å². The molecule has 2 aromatic heterocycles. The van der Waals surface area contributed by atoms with Gasteiger partial charge in [-0.3, -0.25) is 0 Å². The third kappa shape index (κ3) is 4.14. The Labute approximate surface area is 184 Å². The summed E-state index contributed by atoms with van der Waals surface area (Å²) in [7, 11) is -3.84. The molecule has 0 spiro atoms. The van der Waals surface area contributed by atoms with Gasteiger partial charge in [-0.25, -0.2) is 13.4 Å². The molecule has 0 saturated heterocycles. The molecule has 1 atom stereocenters. The maximum absolute atomic E-state index is 13.4. The lowest BCUT2D eigenvalue weighted by molar-refractivity contribution is 0.297. The molecule has 3 heterocycles. The van der Waals surface area contributed by atoms with Crippen molar-refractivity contribution in [1.82, 2.24) is 9.71 Å². The molecule has 8 heteroatoms. The first-order valence-corrected chi connectivity index (χ1v) is 12.2. The molecule has 6 nitrogen and oxygen atoms in total. The molecule has 4 aromatic rings. The van der Waals surface area contributed by atoms with Crippen molar-refractivity contribution in [2.24, 2.45) is 0 Å². The highest BCUT2D eigenvalue weighted by atomic mass is 32.2. The highest BCUT2D eigenvalue weighted by Crippen LogP contribution is 2.35. The number of benzene rings is 2. The fraction of sp³-hybridized carbons (Fsp3) is 0.174. The van der Waals surface area contributed by atoms with E-state index in [-0.39, 0.29) is 4.90 Å². The van der Waals surface area contributed by atoms with Crippen LogP contribution in [0.25, 0.3) is 10.2 Å². The van der Waals surface area contributed by atoms with E-state index in [9.17, 15) is 8.42 Å². The van der Waals surface area contributed by atoms with Gasteiger partial charge in [-0.1, -0.05) is 36.4 Å². The fourth-order valence-corrected chi connectivity index (χ4v) is 5.88. The standard InChI is InChI=1S/C23H20N2O4S2/c26-31(27,18-9-10-19-20(15-18)29-13-5-12-28-19)25-22(16-6-2-1-3-7-16)21-14-17-8-4-11-24-23(17)30-21/h1-4,6-11,14-15,22,25H,5,12-13H2/t22-/m1/s1. The molecule has 0 amide bonds. The first-order valence-electron chi connectivity index (χ1n) is 9.91. The highest BCUT2D eigenvalue weighted by molar-refractivity contribution is 7.89. The molecule has 2 aromatic carbocycles. The Kier molecular flexibility index (Phi) is 5.35. The number of nitrogens with one attached hydrogen (secondary N) is 1. The van der Waals surface area contributed by atoms with E-state index in [4.69, 9.17) is 9.47 Å². The van der Waals surface area contributed by atoms with E-state index >= 15 is 0 Å². The molecular weight excluding hydrogens is 432 g/mol. The van der Waals surface area contributed by atoms with E-state index in [1.807, 2.05) is 48.5 Å². The van der Waals surface area contributed by atoms with E-state index in [0.29, 0.717) is 24.7 Å². The van der Waals surface area contributed by atoms with Gasteiger partial charge in [0.1, 0.15) is 4.83 Å². The van der Waals surface area contributed by atoms with Crippen LogP contribution in [0.15, 0.2) is 77.8 Å². The molecular formula is C23H20N2O4S2. The normalized spacial score (nSPS) is 14.8. The van der Waals surface area contributed by atoms with E-state index in [2.05, 4.69) is 9.71 Å². The molecule has 0 radical (unpaired) electrons. The SMILES string of the molecule is O=S(=O)(N[C@H](c1ccccc1)c1cc2cccnc2s1)c1ccc2c(c1)OCCCO2. The summed E-state index contributed by atoms with van der Waals surface area (Å²) in [5.41, 5.74) is 0.854. The summed E-state index contributed by atoms with van der Waals surface area (Å²) in [4.78, 5) is 6.28. The maximum Gasteiger partial charge on any atom is 0.241 e. The first kappa shape index (κ1) is 20.0. The number of rotatable bonds is 5. The maximum atomic E-state index is 13.4. The third-order valence-corrected chi connectivity index (χ3v) is 7.58. The number of aromatic nitrogens is 1. The van der Waals surface area contributed by atoms with Crippen LogP contribution in [0.4, 0.5) is 0 Å². The summed E-state index contributed by atoms with van der Waals surface area (Å²) < 4.78 is 40.9. The predicted molar refractivity (Wildman–Crippen MR) is 120 cm³/mol. The van der Waals surface area contributed by atoms with E-state index < -0.39 is 16.1 Å². The first-order chi connectivity index (χ1) is 15.1. The summed E-state index contributed by atoms with van der Waals surface area (Å²) in [5.74, 6) is 1.01. The van der Waals surface area contributed by atoms with Gasteiger partial charge in [0.15, 0.2) is 11.5 Å². The summed E-state index contributed by atoms with van der Waals surface area (Å²) in [6.07, 6.45) is 2.49. The number of ether oxygens (including phenoxy) is 2. The van der Waals surface area contributed by atoms with Crippen LogP contribution in [-0.4, -0.2) is 26.6 Å². The molecule has 0 saturated carbocycles. The number of sulfonamides is 1. The largest absolute Gasteiger partial charge is 0.490 e. The molecule has 0 aliphatic carbocycles. The zero-order valence-corrected chi connectivity index (χ0v) is 18.2. The van der Waals surface area contributed by atoms with Crippen LogP contribution in [0, 0.1) is 0 Å². The van der Waals surface area contributed by atoms with Crippen molar-refractivity contribution < 1.29 is 17.9 Å². The van der Waals surface area contributed by atoms with E-state index in [0.717, 1.165) is 27.1 Å². The predicted octanol–water partition coefficient (Wildman–Crippen LogP) is 4.53. The number of thiophene rings is 1. The minimum atomic E-state index is -3.84. The Morgan fingerprint density at radius 1 is 0.935 bits per heavy atom. The van der Waals surface area contributed by atoms with Crippen LogP contribution in [0.3, 0.4) is 0 Å². The van der Waals surface area contributed by atoms with Crippen LogP contribution in [0.1, 0.15) is 22.9 Å². The lowest BCUT2D eigenvalue weighted by atomic mass is 10.1. The van der Waals surface area contributed by atoms with Crippen molar-refractivity contribution in [2.75, 3.05) is 13.2 Å². The Balaban J connectivity index is 1.54. The number of fused-ring (bicyclic) bond motifs is 2. The second kappa shape index (κ2) is 8.30. The molecule has 158 valence electrons. The lowest BCUT2D eigenvalue weighted by Gasteiger charge is -2.19. The summed E-state index contributed by atoms with van der Waals surface area (Å²) in [6.45, 7) is 1.04. The van der Waals surface area contributed by atoms with Crippen molar-refractivity contribution in [3.8, 4) is 11.5 Å². The van der Waals surface area contributed by atoms with Gasteiger partial charge in [0.2, 0.25) is 10.0 Å². The number of nitrogens with zero attached hydrogens (tertiary/aromatic N) is 1. The summed E-state index contributed by atoms with van der Waals surface area (Å²) in [5, 5.41) is 0.984. The highest BCUT2D eigenvalue weighted by Gasteiger charge is 2.26.